The minimum Gasteiger partial charge on any atom is -0.318 e. The lowest BCUT2D eigenvalue weighted by Gasteiger charge is -2.15. The summed E-state index contributed by atoms with van der Waals surface area (Å²) in [4.78, 5) is 29.4. The molecular formula is C15H23N5O2. The molecule has 2 aromatic heterocycles. The Hall–Kier alpha value is -1.89. The lowest BCUT2D eigenvalue weighted by molar-refractivity contribution is 0.528. The van der Waals surface area contributed by atoms with Gasteiger partial charge in [-0.15, -0.1) is 0 Å². The second-order valence-corrected chi connectivity index (χ2v) is 6.03. The summed E-state index contributed by atoms with van der Waals surface area (Å²) < 4.78 is 4.73. The first-order valence-corrected chi connectivity index (χ1v) is 7.93. The Morgan fingerprint density at radius 2 is 2.05 bits per heavy atom. The first-order valence-electron chi connectivity index (χ1n) is 7.93. The molecule has 7 heteroatoms. The fourth-order valence-electron chi connectivity index (χ4n) is 3.22. The summed E-state index contributed by atoms with van der Waals surface area (Å²) in [6, 6.07) is 0.238. The van der Waals surface area contributed by atoms with Gasteiger partial charge in [0.2, 0.25) is 0 Å². The van der Waals surface area contributed by atoms with Crippen molar-refractivity contribution in [2.45, 2.75) is 38.6 Å². The van der Waals surface area contributed by atoms with Crippen LogP contribution in [0, 0.1) is 0 Å². The number of hydrogen-bond donors (Lipinski definition) is 1. The zero-order chi connectivity index (χ0) is 15.9. The molecule has 1 fully saturated rings. The third-order valence-corrected chi connectivity index (χ3v) is 4.52. The molecule has 0 aliphatic carbocycles. The molecule has 0 amide bonds. The maximum Gasteiger partial charge on any atom is 0.332 e. The van der Waals surface area contributed by atoms with E-state index in [1.807, 2.05) is 0 Å². The average Bonchev–Trinajstić information content (AvgIpc) is 3.15. The number of hydrogen-bond acceptors (Lipinski definition) is 4. The van der Waals surface area contributed by atoms with E-state index < -0.39 is 0 Å². The van der Waals surface area contributed by atoms with Crippen LogP contribution in [0.3, 0.4) is 0 Å². The predicted molar refractivity (Wildman–Crippen MR) is 85.4 cm³/mol. The molecule has 22 heavy (non-hydrogen) atoms. The maximum atomic E-state index is 12.6. The fraction of sp³-hybridized carbons (Fsp3) is 0.667. The molecule has 0 spiro atoms. The van der Waals surface area contributed by atoms with Gasteiger partial charge >= 0.3 is 5.69 Å². The summed E-state index contributed by atoms with van der Waals surface area (Å²) in [7, 11) is 3.21. The molecule has 1 aliphatic rings. The highest BCUT2D eigenvalue weighted by molar-refractivity contribution is 5.71. The summed E-state index contributed by atoms with van der Waals surface area (Å²) in [5.41, 5.74) is 0.490. The van der Waals surface area contributed by atoms with E-state index in [0.717, 1.165) is 44.6 Å². The van der Waals surface area contributed by atoms with Crippen molar-refractivity contribution >= 4 is 11.2 Å². The molecule has 2 aromatic rings. The van der Waals surface area contributed by atoms with Crippen LogP contribution in [-0.2, 0) is 20.5 Å². The van der Waals surface area contributed by atoms with Crippen molar-refractivity contribution in [2.24, 2.45) is 14.1 Å². The van der Waals surface area contributed by atoms with Crippen LogP contribution in [0.2, 0.25) is 0 Å². The Labute approximate surface area is 128 Å². The molecule has 1 aliphatic heterocycles. The fourth-order valence-corrected chi connectivity index (χ4v) is 3.22. The van der Waals surface area contributed by atoms with Gasteiger partial charge in [0, 0.05) is 33.1 Å². The number of rotatable bonds is 4. The van der Waals surface area contributed by atoms with Gasteiger partial charge in [-0.05, 0) is 19.4 Å². The number of aryl methyl sites for hydroxylation is 2. The van der Waals surface area contributed by atoms with Gasteiger partial charge in [0.05, 0.1) is 0 Å². The van der Waals surface area contributed by atoms with E-state index in [4.69, 9.17) is 0 Å². The number of imidazole rings is 1. The monoisotopic (exact) mass is 305 g/mol. The van der Waals surface area contributed by atoms with Gasteiger partial charge in [-0.1, -0.05) is 13.3 Å². The van der Waals surface area contributed by atoms with Gasteiger partial charge in [0.25, 0.3) is 5.56 Å². The van der Waals surface area contributed by atoms with Crippen molar-refractivity contribution in [3.05, 3.63) is 26.7 Å². The summed E-state index contributed by atoms with van der Waals surface area (Å²) >= 11 is 0. The first-order chi connectivity index (χ1) is 10.6. The first kappa shape index (κ1) is 15.0. The number of unbranched alkanes of at least 4 members (excludes halogenated alkanes) is 1. The van der Waals surface area contributed by atoms with Crippen molar-refractivity contribution in [3.63, 3.8) is 0 Å². The number of nitrogens with one attached hydrogen (secondary N) is 1. The van der Waals surface area contributed by atoms with E-state index >= 15 is 0 Å². The molecule has 0 bridgehead atoms. The zero-order valence-corrected chi connectivity index (χ0v) is 13.4. The van der Waals surface area contributed by atoms with Crippen LogP contribution in [0.5, 0.6) is 0 Å². The lowest BCUT2D eigenvalue weighted by Crippen LogP contribution is -2.38. The van der Waals surface area contributed by atoms with Crippen molar-refractivity contribution in [1.29, 1.82) is 0 Å². The van der Waals surface area contributed by atoms with E-state index in [0.29, 0.717) is 11.2 Å². The molecule has 120 valence electrons. The minimum absolute atomic E-state index is 0.238. The molecule has 1 unspecified atom stereocenters. The zero-order valence-electron chi connectivity index (χ0n) is 13.4. The SMILES string of the molecule is CCCCc1nc2c(c(=O)n(C)c(=O)n2C)n1C1CCNC1. The Morgan fingerprint density at radius 3 is 2.68 bits per heavy atom. The van der Waals surface area contributed by atoms with Gasteiger partial charge in [0.15, 0.2) is 11.2 Å². The Morgan fingerprint density at radius 1 is 1.27 bits per heavy atom. The normalized spacial score (nSPS) is 18.4. The summed E-state index contributed by atoms with van der Waals surface area (Å²) in [5, 5.41) is 3.34. The van der Waals surface area contributed by atoms with E-state index in [9.17, 15) is 9.59 Å². The highest BCUT2D eigenvalue weighted by atomic mass is 16.2. The van der Waals surface area contributed by atoms with Gasteiger partial charge < -0.3 is 9.88 Å². The van der Waals surface area contributed by atoms with Crippen LogP contribution in [0.1, 0.15) is 38.1 Å². The molecular weight excluding hydrogens is 282 g/mol. The van der Waals surface area contributed by atoms with Crippen LogP contribution >= 0.6 is 0 Å². The van der Waals surface area contributed by atoms with E-state index in [1.54, 1.807) is 7.05 Å². The highest BCUT2D eigenvalue weighted by Crippen LogP contribution is 2.23. The van der Waals surface area contributed by atoms with Crippen molar-refractivity contribution < 1.29 is 0 Å². The molecule has 3 rings (SSSR count). The summed E-state index contributed by atoms with van der Waals surface area (Å²) in [5.74, 6) is 0.920. The quantitative estimate of drug-likeness (QED) is 0.882. The van der Waals surface area contributed by atoms with Crippen LogP contribution < -0.4 is 16.6 Å². The lowest BCUT2D eigenvalue weighted by atomic mass is 10.2. The molecule has 0 radical (unpaired) electrons. The molecule has 0 saturated carbocycles. The van der Waals surface area contributed by atoms with Gasteiger partial charge in [0.1, 0.15) is 5.82 Å². The summed E-state index contributed by atoms with van der Waals surface area (Å²) in [6.45, 7) is 3.93. The Kier molecular flexibility index (Phi) is 3.90. The smallest absolute Gasteiger partial charge is 0.318 e. The minimum atomic E-state index is -0.325. The van der Waals surface area contributed by atoms with Crippen LogP contribution in [0.15, 0.2) is 9.59 Å². The van der Waals surface area contributed by atoms with E-state index in [2.05, 4.69) is 21.8 Å². The van der Waals surface area contributed by atoms with Crippen molar-refractivity contribution in [3.8, 4) is 0 Å². The number of nitrogens with zero attached hydrogens (tertiary/aromatic N) is 4. The summed E-state index contributed by atoms with van der Waals surface area (Å²) in [6.07, 6.45) is 3.91. The maximum absolute atomic E-state index is 12.6. The van der Waals surface area contributed by atoms with Gasteiger partial charge in [-0.3, -0.25) is 13.9 Å². The standard InChI is InChI=1S/C15H23N5O2/c1-4-5-6-11-17-13-12(20(11)10-7-8-16-9-10)14(21)19(3)15(22)18(13)2/h10,16H,4-9H2,1-3H3. The highest BCUT2D eigenvalue weighted by Gasteiger charge is 2.25. The number of aromatic nitrogens is 4. The molecule has 3 heterocycles. The second kappa shape index (κ2) is 5.72. The largest absolute Gasteiger partial charge is 0.332 e. The van der Waals surface area contributed by atoms with E-state index in [-0.39, 0.29) is 17.3 Å². The van der Waals surface area contributed by atoms with Crippen molar-refractivity contribution in [1.82, 2.24) is 24.0 Å². The number of fused-ring (bicyclic) bond motifs is 1. The van der Waals surface area contributed by atoms with Crippen LogP contribution in [0.25, 0.3) is 11.2 Å². The van der Waals surface area contributed by atoms with E-state index in [1.165, 1.54) is 16.2 Å². The van der Waals surface area contributed by atoms with Crippen molar-refractivity contribution in [2.75, 3.05) is 13.1 Å². The third-order valence-electron chi connectivity index (χ3n) is 4.52. The third kappa shape index (κ3) is 2.20. The second-order valence-electron chi connectivity index (χ2n) is 6.03. The van der Waals surface area contributed by atoms with Crippen LogP contribution in [0.4, 0.5) is 0 Å². The topological polar surface area (TPSA) is 73.8 Å². The molecule has 0 aromatic carbocycles. The molecule has 1 atom stereocenters. The van der Waals surface area contributed by atoms with Gasteiger partial charge in [-0.25, -0.2) is 9.78 Å². The van der Waals surface area contributed by atoms with Crippen LogP contribution in [-0.4, -0.2) is 31.8 Å². The predicted octanol–water partition coefficient (Wildman–Crippen LogP) is 0.311. The molecule has 1 saturated heterocycles. The Bertz CT molecular complexity index is 808. The Balaban J connectivity index is 2.32. The molecule has 7 nitrogen and oxygen atoms in total. The molecule has 1 N–H and O–H groups in total. The van der Waals surface area contributed by atoms with Gasteiger partial charge in [-0.2, -0.15) is 0 Å². The average molecular weight is 305 g/mol.